The first-order valence-electron chi connectivity index (χ1n) is 10.4. The molecule has 1 fully saturated rings. The smallest absolute Gasteiger partial charge is 0.274 e. The number of hydrogen-bond donors (Lipinski definition) is 1. The van der Waals surface area contributed by atoms with Crippen molar-refractivity contribution in [3.63, 3.8) is 0 Å². The van der Waals surface area contributed by atoms with E-state index in [0.717, 1.165) is 30.8 Å². The fourth-order valence-electron chi connectivity index (χ4n) is 4.32. The number of benzene rings is 1. The lowest BCUT2D eigenvalue weighted by Crippen LogP contribution is -2.40. The molecule has 1 amide bonds. The zero-order chi connectivity index (χ0) is 23.2. The van der Waals surface area contributed by atoms with Gasteiger partial charge in [-0.25, -0.2) is 27.7 Å². The van der Waals surface area contributed by atoms with Crippen LogP contribution >= 0.6 is 0 Å². The van der Waals surface area contributed by atoms with Crippen molar-refractivity contribution >= 4 is 23.1 Å². The molecule has 1 N–H and O–H groups in total. The predicted octanol–water partition coefficient (Wildman–Crippen LogP) is 4.31. The fraction of sp³-hybridized carbons (Fsp3) is 0.217. The summed E-state index contributed by atoms with van der Waals surface area (Å²) < 4.78 is 43.2. The Morgan fingerprint density at radius 2 is 1.91 bits per heavy atom. The molecular weight excluding hydrogens is 433 g/mol. The lowest BCUT2D eigenvalue weighted by atomic mass is 9.88. The number of anilines is 2. The maximum absolute atomic E-state index is 14.6. The first-order valence-corrected chi connectivity index (χ1v) is 10.4. The summed E-state index contributed by atoms with van der Waals surface area (Å²) >= 11 is 0. The second-order valence-corrected chi connectivity index (χ2v) is 8.08. The zero-order valence-electron chi connectivity index (χ0n) is 17.6. The average Bonchev–Trinajstić information content (AvgIpc) is 3.39. The minimum absolute atomic E-state index is 0.0422. The summed E-state index contributed by atoms with van der Waals surface area (Å²) in [5.74, 6) is -1.52. The largest absolute Gasteiger partial charge is 0.347 e. The second kappa shape index (κ2) is 7.88. The Morgan fingerprint density at radius 1 is 1.09 bits per heavy atom. The molecule has 1 aliphatic rings. The Balaban J connectivity index is 1.50. The lowest BCUT2D eigenvalue weighted by Gasteiger charge is -2.37. The monoisotopic (exact) mass is 452 g/mol. The van der Waals surface area contributed by atoms with E-state index < -0.39 is 28.9 Å². The SMILES string of the molecule is C[C@]1(c2cc(F)ccc2F)CCCN1c1ccn2ncc(NC(=O)c3ccc(F)cn3)c2n1. The molecule has 33 heavy (non-hydrogen) atoms. The highest BCUT2D eigenvalue weighted by Crippen LogP contribution is 2.42. The van der Waals surface area contributed by atoms with Gasteiger partial charge in [0.2, 0.25) is 0 Å². The van der Waals surface area contributed by atoms with Crippen molar-refractivity contribution in [2.75, 3.05) is 16.8 Å². The van der Waals surface area contributed by atoms with E-state index in [9.17, 15) is 18.0 Å². The number of nitrogens with zero attached hydrogens (tertiary/aromatic N) is 5. The lowest BCUT2D eigenvalue weighted by molar-refractivity contribution is 0.102. The summed E-state index contributed by atoms with van der Waals surface area (Å²) in [7, 11) is 0. The van der Waals surface area contributed by atoms with Crippen molar-refractivity contribution in [2.24, 2.45) is 0 Å². The van der Waals surface area contributed by atoms with E-state index in [0.29, 0.717) is 30.1 Å². The van der Waals surface area contributed by atoms with Crippen LogP contribution in [-0.4, -0.2) is 32.0 Å². The number of fused-ring (bicyclic) bond motifs is 1. The van der Waals surface area contributed by atoms with Gasteiger partial charge in [0.1, 0.15) is 34.7 Å². The maximum atomic E-state index is 14.6. The van der Waals surface area contributed by atoms with Gasteiger partial charge in [0, 0.05) is 18.3 Å². The molecule has 1 aromatic carbocycles. The molecule has 10 heteroatoms. The van der Waals surface area contributed by atoms with Gasteiger partial charge >= 0.3 is 0 Å². The topological polar surface area (TPSA) is 75.4 Å². The molecule has 3 aromatic heterocycles. The third-order valence-electron chi connectivity index (χ3n) is 5.99. The van der Waals surface area contributed by atoms with E-state index in [1.807, 2.05) is 11.8 Å². The van der Waals surface area contributed by atoms with Gasteiger partial charge < -0.3 is 10.2 Å². The molecule has 5 rings (SSSR count). The highest BCUT2D eigenvalue weighted by atomic mass is 19.1. The van der Waals surface area contributed by atoms with Gasteiger partial charge in [0.25, 0.3) is 5.91 Å². The van der Waals surface area contributed by atoms with Crippen LogP contribution in [0.1, 0.15) is 35.8 Å². The highest BCUT2D eigenvalue weighted by Gasteiger charge is 2.41. The second-order valence-electron chi connectivity index (χ2n) is 8.08. The number of amides is 1. The van der Waals surface area contributed by atoms with Crippen LogP contribution in [0.3, 0.4) is 0 Å². The minimum Gasteiger partial charge on any atom is -0.347 e. The van der Waals surface area contributed by atoms with E-state index in [4.69, 9.17) is 0 Å². The first-order chi connectivity index (χ1) is 15.8. The minimum atomic E-state index is -0.793. The predicted molar refractivity (Wildman–Crippen MR) is 115 cm³/mol. The summed E-state index contributed by atoms with van der Waals surface area (Å²) in [5.41, 5.74) is 0.230. The van der Waals surface area contributed by atoms with Crippen LogP contribution in [0.25, 0.3) is 5.65 Å². The average molecular weight is 452 g/mol. The van der Waals surface area contributed by atoms with Crippen LogP contribution in [-0.2, 0) is 5.54 Å². The van der Waals surface area contributed by atoms with Crippen molar-refractivity contribution in [3.05, 3.63) is 83.7 Å². The van der Waals surface area contributed by atoms with Gasteiger partial charge in [-0.3, -0.25) is 4.79 Å². The molecule has 168 valence electrons. The summed E-state index contributed by atoms with van der Waals surface area (Å²) in [6.45, 7) is 2.47. The number of aromatic nitrogens is 4. The van der Waals surface area contributed by atoms with Crippen LogP contribution < -0.4 is 10.2 Å². The van der Waals surface area contributed by atoms with Crippen LogP contribution in [0.2, 0.25) is 0 Å². The van der Waals surface area contributed by atoms with Gasteiger partial charge in [-0.05, 0) is 56.2 Å². The molecule has 1 atom stereocenters. The fourth-order valence-corrected chi connectivity index (χ4v) is 4.32. The number of hydrogen-bond acceptors (Lipinski definition) is 5. The number of pyridine rings is 1. The quantitative estimate of drug-likeness (QED) is 0.500. The summed E-state index contributed by atoms with van der Waals surface area (Å²) in [4.78, 5) is 22.9. The number of nitrogens with one attached hydrogen (secondary N) is 1. The summed E-state index contributed by atoms with van der Waals surface area (Å²) in [6, 6.07) is 7.63. The van der Waals surface area contributed by atoms with Crippen molar-refractivity contribution in [3.8, 4) is 0 Å². The van der Waals surface area contributed by atoms with E-state index in [1.54, 1.807) is 12.3 Å². The standard InChI is InChI=1S/C23H19F3N6O/c1-23(16-11-14(24)3-5-17(16)26)8-2-9-31(23)20-7-10-32-21(30-20)19(13-28-32)29-22(33)18-6-4-15(25)12-27-18/h3-7,10-13H,2,8-9H2,1H3,(H,29,33)/t23-/m1/s1. The number of rotatable bonds is 4. The van der Waals surface area contributed by atoms with Crippen molar-refractivity contribution in [1.82, 2.24) is 19.6 Å². The molecule has 7 nitrogen and oxygen atoms in total. The molecule has 0 radical (unpaired) electrons. The molecule has 1 saturated heterocycles. The first kappa shape index (κ1) is 20.9. The van der Waals surface area contributed by atoms with Crippen LogP contribution in [0.15, 0.2) is 55.0 Å². The summed E-state index contributed by atoms with van der Waals surface area (Å²) in [5, 5.41) is 6.89. The van der Waals surface area contributed by atoms with Crippen molar-refractivity contribution < 1.29 is 18.0 Å². The Bertz CT molecular complexity index is 1360. The van der Waals surface area contributed by atoms with E-state index in [-0.39, 0.29) is 11.3 Å². The van der Waals surface area contributed by atoms with Crippen LogP contribution in [0.4, 0.5) is 24.7 Å². The van der Waals surface area contributed by atoms with Gasteiger partial charge in [-0.15, -0.1) is 0 Å². The third kappa shape index (κ3) is 3.67. The molecule has 0 aliphatic carbocycles. The molecule has 0 spiro atoms. The highest BCUT2D eigenvalue weighted by molar-refractivity contribution is 6.04. The van der Waals surface area contributed by atoms with Crippen LogP contribution in [0.5, 0.6) is 0 Å². The molecule has 4 heterocycles. The Kier molecular flexibility index (Phi) is 4.99. The van der Waals surface area contributed by atoms with Crippen molar-refractivity contribution in [2.45, 2.75) is 25.3 Å². The Morgan fingerprint density at radius 3 is 2.70 bits per heavy atom. The van der Waals surface area contributed by atoms with Crippen molar-refractivity contribution in [1.29, 1.82) is 0 Å². The zero-order valence-corrected chi connectivity index (χ0v) is 17.6. The molecule has 0 saturated carbocycles. The Labute approximate surface area is 186 Å². The normalized spacial score (nSPS) is 18.1. The molecule has 0 unspecified atom stereocenters. The van der Waals surface area contributed by atoms with Gasteiger partial charge in [0.15, 0.2) is 5.65 Å². The molecule has 0 bridgehead atoms. The third-order valence-corrected chi connectivity index (χ3v) is 5.99. The summed E-state index contributed by atoms with van der Waals surface area (Å²) in [6.07, 6.45) is 5.49. The van der Waals surface area contributed by atoms with Gasteiger partial charge in [0.05, 0.1) is 17.9 Å². The van der Waals surface area contributed by atoms with Crippen LogP contribution in [0, 0.1) is 17.5 Å². The number of carbonyl (C=O) groups is 1. The number of halogens is 3. The van der Waals surface area contributed by atoms with E-state index in [2.05, 4.69) is 20.4 Å². The van der Waals surface area contributed by atoms with E-state index >= 15 is 0 Å². The molecule has 4 aromatic rings. The maximum Gasteiger partial charge on any atom is 0.274 e. The molecule has 1 aliphatic heterocycles. The molecular formula is C23H19F3N6O. The number of carbonyl (C=O) groups excluding carboxylic acids is 1. The van der Waals surface area contributed by atoms with Gasteiger partial charge in [-0.2, -0.15) is 5.10 Å². The Hall–Kier alpha value is -3.95. The van der Waals surface area contributed by atoms with Gasteiger partial charge in [-0.1, -0.05) is 0 Å². The van der Waals surface area contributed by atoms with E-state index in [1.165, 1.54) is 22.8 Å².